The Kier molecular flexibility index (Phi) is 4.04. The van der Waals surface area contributed by atoms with Crippen LogP contribution in [0, 0.1) is 0 Å². The Balaban J connectivity index is 2.95. The minimum atomic E-state index is -0.593. The number of aryl methyl sites for hydroxylation is 1. The Bertz CT molecular complexity index is 332. The van der Waals surface area contributed by atoms with Gasteiger partial charge in [-0.05, 0) is 34.4 Å². The minimum Gasteiger partial charge on any atom is -0.385 e. The van der Waals surface area contributed by atoms with Crippen molar-refractivity contribution in [3.05, 3.63) is 11.9 Å². The topological polar surface area (TPSA) is 54.2 Å². The maximum absolute atomic E-state index is 10.4. The molecule has 1 rings (SSSR count). The fourth-order valence-electron chi connectivity index (χ4n) is 1.47. The lowest BCUT2D eigenvalue weighted by Crippen LogP contribution is -2.44. The van der Waals surface area contributed by atoms with E-state index in [1.54, 1.807) is 10.9 Å². The normalized spacial score (nSPS) is 14.4. The molecule has 0 fully saturated rings. The van der Waals surface area contributed by atoms with Crippen LogP contribution in [0.4, 0.5) is 0 Å². The van der Waals surface area contributed by atoms with Gasteiger partial charge in [0, 0.05) is 12.1 Å². The van der Waals surface area contributed by atoms with E-state index in [2.05, 4.69) is 17.2 Å². The van der Waals surface area contributed by atoms with Gasteiger partial charge in [-0.25, -0.2) is 4.68 Å². The molecule has 0 radical (unpaired) electrons. The van der Waals surface area contributed by atoms with E-state index in [0.717, 1.165) is 18.7 Å². The summed E-state index contributed by atoms with van der Waals surface area (Å²) < 4.78 is 1.77. The molecule has 1 N–H and O–H groups in total. The number of aliphatic hydroxyl groups excluding tert-OH is 1. The van der Waals surface area contributed by atoms with Crippen molar-refractivity contribution < 1.29 is 5.11 Å². The standard InChI is InChI=1S/C11H22N4O/c1-6-7-15-9(8-12-13-15)10(16)11(2,3)14(4)5/h8,10,16H,6-7H2,1-5H3. The first-order valence-electron chi connectivity index (χ1n) is 5.65. The summed E-state index contributed by atoms with van der Waals surface area (Å²) in [5.41, 5.74) is 0.438. The largest absolute Gasteiger partial charge is 0.385 e. The number of nitrogens with zero attached hydrogens (tertiary/aromatic N) is 4. The van der Waals surface area contributed by atoms with Gasteiger partial charge in [-0.3, -0.25) is 0 Å². The summed E-state index contributed by atoms with van der Waals surface area (Å²) in [5, 5.41) is 18.2. The van der Waals surface area contributed by atoms with Crippen molar-refractivity contribution in [2.24, 2.45) is 0 Å². The molecule has 1 aromatic rings. The zero-order valence-corrected chi connectivity index (χ0v) is 10.8. The summed E-state index contributed by atoms with van der Waals surface area (Å²) >= 11 is 0. The fourth-order valence-corrected chi connectivity index (χ4v) is 1.47. The molecule has 0 aliphatic carbocycles. The highest BCUT2D eigenvalue weighted by atomic mass is 16.3. The van der Waals surface area contributed by atoms with Gasteiger partial charge in [0.25, 0.3) is 0 Å². The number of hydrogen-bond acceptors (Lipinski definition) is 4. The third-order valence-corrected chi connectivity index (χ3v) is 3.19. The van der Waals surface area contributed by atoms with Gasteiger partial charge in [0.05, 0.1) is 11.9 Å². The van der Waals surface area contributed by atoms with Gasteiger partial charge in [0.2, 0.25) is 0 Å². The Morgan fingerprint density at radius 2 is 2.12 bits per heavy atom. The van der Waals surface area contributed by atoms with Crippen LogP contribution in [0.1, 0.15) is 39.0 Å². The highest BCUT2D eigenvalue weighted by molar-refractivity contribution is 5.06. The van der Waals surface area contributed by atoms with E-state index in [1.807, 2.05) is 32.8 Å². The van der Waals surface area contributed by atoms with Crippen LogP contribution in [0.15, 0.2) is 6.20 Å². The van der Waals surface area contributed by atoms with E-state index in [9.17, 15) is 5.11 Å². The van der Waals surface area contributed by atoms with Crippen molar-refractivity contribution in [3.8, 4) is 0 Å². The predicted octanol–water partition coefficient (Wildman–Crippen LogP) is 1.06. The van der Waals surface area contributed by atoms with Crippen LogP contribution in [0.25, 0.3) is 0 Å². The number of aliphatic hydroxyl groups is 1. The molecule has 5 heteroatoms. The lowest BCUT2D eigenvalue weighted by atomic mass is 9.93. The predicted molar refractivity (Wildman–Crippen MR) is 63.0 cm³/mol. The van der Waals surface area contributed by atoms with E-state index in [-0.39, 0.29) is 5.54 Å². The van der Waals surface area contributed by atoms with Crippen LogP contribution in [-0.4, -0.2) is 44.6 Å². The molecular formula is C11H22N4O. The summed E-state index contributed by atoms with van der Waals surface area (Å²) in [5.74, 6) is 0. The summed E-state index contributed by atoms with van der Waals surface area (Å²) in [4.78, 5) is 2.00. The first-order valence-corrected chi connectivity index (χ1v) is 5.65. The molecule has 0 saturated carbocycles. The molecule has 0 bridgehead atoms. The number of rotatable bonds is 5. The molecule has 92 valence electrons. The Morgan fingerprint density at radius 1 is 1.50 bits per heavy atom. The van der Waals surface area contributed by atoms with Gasteiger partial charge < -0.3 is 10.0 Å². The SMILES string of the molecule is CCCn1nncc1C(O)C(C)(C)N(C)C. The average Bonchev–Trinajstić information content (AvgIpc) is 2.65. The van der Waals surface area contributed by atoms with Crippen LogP contribution < -0.4 is 0 Å². The second-order valence-corrected chi connectivity index (χ2v) is 4.83. The smallest absolute Gasteiger partial charge is 0.115 e. The van der Waals surface area contributed by atoms with Crippen LogP contribution in [0.2, 0.25) is 0 Å². The number of likely N-dealkylation sites (N-methyl/N-ethyl adjacent to an activating group) is 1. The lowest BCUT2D eigenvalue weighted by Gasteiger charge is -2.36. The van der Waals surface area contributed by atoms with Gasteiger partial charge in [-0.15, -0.1) is 5.10 Å². The third-order valence-electron chi connectivity index (χ3n) is 3.19. The maximum Gasteiger partial charge on any atom is 0.115 e. The fraction of sp³-hybridized carbons (Fsp3) is 0.818. The van der Waals surface area contributed by atoms with Crippen LogP contribution in [-0.2, 0) is 6.54 Å². The van der Waals surface area contributed by atoms with E-state index in [0.29, 0.717) is 0 Å². The third kappa shape index (κ3) is 2.41. The first kappa shape index (κ1) is 13.1. The molecule has 0 spiro atoms. The Labute approximate surface area is 97.1 Å². The summed E-state index contributed by atoms with van der Waals surface area (Å²) in [7, 11) is 3.91. The summed E-state index contributed by atoms with van der Waals surface area (Å²) in [6.45, 7) is 6.87. The van der Waals surface area contributed by atoms with Crippen molar-refractivity contribution in [1.29, 1.82) is 0 Å². The van der Waals surface area contributed by atoms with Gasteiger partial charge in [0.15, 0.2) is 0 Å². The molecule has 0 saturated heterocycles. The molecule has 1 unspecified atom stereocenters. The number of hydrogen-bond donors (Lipinski definition) is 1. The molecule has 0 aromatic carbocycles. The quantitative estimate of drug-likeness (QED) is 0.815. The molecule has 16 heavy (non-hydrogen) atoms. The highest BCUT2D eigenvalue weighted by Crippen LogP contribution is 2.28. The molecule has 5 nitrogen and oxygen atoms in total. The van der Waals surface area contributed by atoms with Gasteiger partial charge in [-0.2, -0.15) is 0 Å². The van der Waals surface area contributed by atoms with Gasteiger partial charge in [-0.1, -0.05) is 12.1 Å². The first-order chi connectivity index (χ1) is 7.41. The minimum absolute atomic E-state index is 0.340. The van der Waals surface area contributed by atoms with E-state index < -0.39 is 6.10 Å². The molecule has 0 aliphatic rings. The van der Waals surface area contributed by atoms with Crippen molar-refractivity contribution >= 4 is 0 Å². The monoisotopic (exact) mass is 226 g/mol. The van der Waals surface area contributed by atoms with Crippen LogP contribution in [0.5, 0.6) is 0 Å². The van der Waals surface area contributed by atoms with Crippen LogP contribution in [0.3, 0.4) is 0 Å². The van der Waals surface area contributed by atoms with E-state index >= 15 is 0 Å². The van der Waals surface area contributed by atoms with Gasteiger partial charge >= 0.3 is 0 Å². The summed E-state index contributed by atoms with van der Waals surface area (Å²) in [6, 6.07) is 0. The Hall–Kier alpha value is -0.940. The second kappa shape index (κ2) is 4.93. The molecule has 0 amide bonds. The summed E-state index contributed by atoms with van der Waals surface area (Å²) in [6.07, 6.45) is 2.03. The lowest BCUT2D eigenvalue weighted by molar-refractivity contribution is 0.0106. The molecule has 1 aromatic heterocycles. The maximum atomic E-state index is 10.4. The molecular weight excluding hydrogens is 204 g/mol. The van der Waals surface area contributed by atoms with E-state index in [1.165, 1.54) is 0 Å². The van der Waals surface area contributed by atoms with Crippen molar-refractivity contribution in [1.82, 2.24) is 19.9 Å². The molecule has 1 heterocycles. The van der Waals surface area contributed by atoms with Gasteiger partial charge in [0.1, 0.15) is 6.10 Å². The van der Waals surface area contributed by atoms with Crippen LogP contribution >= 0.6 is 0 Å². The zero-order valence-electron chi connectivity index (χ0n) is 10.8. The zero-order chi connectivity index (χ0) is 12.3. The van der Waals surface area contributed by atoms with Crippen molar-refractivity contribution in [3.63, 3.8) is 0 Å². The average molecular weight is 226 g/mol. The van der Waals surface area contributed by atoms with Crippen molar-refractivity contribution in [2.45, 2.75) is 45.4 Å². The molecule has 0 aliphatic heterocycles. The van der Waals surface area contributed by atoms with Crippen molar-refractivity contribution in [2.75, 3.05) is 14.1 Å². The molecule has 1 atom stereocenters. The highest BCUT2D eigenvalue weighted by Gasteiger charge is 2.33. The van der Waals surface area contributed by atoms with E-state index in [4.69, 9.17) is 0 Å². The second-order valence-electron chi connectivity index (χ2n) is 4.83. The number of aromatic nitrogens is 3. The Morgan fingerprint density at radius 3 is 2.62 bits per heavy atom.